The number of nitrogens with two attached hydrogens (primary N) is 1. The van der Waals surface area contributed by atoms with Crippen LogP contribution in [-0.2, 0) is 4.74 Å². The lowest BCUT2D eigenvalue weighted by atomic mass is 10.2. The summed E-state index contributed by atoms with van der Waals surface area (Å²) in [6.07, 6.45) is 3.75. The number of methoxy groups -OCH3 is 1. The standard InChI is InChI=1S/C14H22N2O2/c1-3-18-12-8-10(15)7-11(9-12)16-13-5-4-6-14(13)17-2/h7-9,13-14,16H,3-6,15H2,1-2H3. The number of hydrogen-bond acceptors (Lipinski definition) is 4. The molecule has 1 aromatic carbocycles. The molecular weight excluding hydrogens is 228 g/mol. The van der Waals surface area contributed by atoms with Gasteiger partial charge in [-0.3, -0.25) is 0 Å². The van der Waals surface area contributed by atoms with E-state index >= 15 is 0 Å². The van der Waals surface area contributed by atoms with Crippen molar-refractivity contribution in [3.05, 3.63) is 18.2 Å². The van der Waals surface area contributed by atoms with Crippen molar-refractivity contribution in [2.45, 2.75) is 38.3 Å². The molecule has 0 heterocycles. The highest BCUT2D eigenvalue weighted by atomic mass is 16.5. The van der Waals surface area contributed by atoms with E-state index < -0.39 is 0 Å². The van der Waals surface area contributed by atoms with Crippen molar-refractivity contribution in [2.75, 3.05) is 24.8 Å². The first-order valence-corrected chi connectivity index (χ1v) is 6.55. The normalized spacial score (nSPS) is 23.0. The number of benzene rings is 1. The van der Waals surface area contributed by atoms with E-state index in [1.165, 1.54) is 6.42 Å². The third-order valence-electron chi connectivity index (χ3n) is 3.35. The number of ether oxygens (including phenoxy) is 2. The van der Waals surface area contributed by atoms with Gasteiger partial charge < -0.3 is 20.5 Å². The lowest BCUT2D eigenvalue weighted by Gasteiger charge is -2.21. The predicted octanol–water partition coefficient (Wildman–Crippen LogP) is 2.65. The van der Waals surface area contributed by atoms with Crippen molar-refractivity contribution in [3.63, 3.8) is 0 Å². The fraction of sp³-hybridized carbons (Fsp3) is 0.571. The molecule has 0 spiro atoms. The summed E-state index contributed by atoms with van der Waals surface area (Å²) in [5, 5.41) is 3.50. The number of hydrogen-bond donors (Lipinski definition) is 2. The van der Waals surface area contributed by atoms with Gasteiger partial charge in [0.05, 0.1) is 18.8 Å². The first kappa shape index (κ1) is 13.0. The maximum Gasteiger partial charge on any atom is 0.123 e. The number of anilines is 2. The van der Waals surface area contributed by atoms with Gasteiger partial charge in [-0.15, -0.1) is 0 Å². The molecule has 1 aliphatic carbocycles. The van der Waals surface area contributed by atoms with Crippen LogP contribution in [0, 0.1) is 0 Å². The summed E-state index contributed by atoms with van der Waals surface area (Å²) in [5.74, 6) is 0.812. The fourth-order valence-electron chi connectivity index (χ4n) is 2.54. The molecule has 100 valence electrons. The van der Waals surface area contributed by atoms with E-state index in [2.05, 4.69) is 5.32 Å². The average Bonchev–Trinajstić information content (AvgIpc) is 2.76. The Morgan fingerprint density at radius 1 is 1.33 bits per heavy atom. The van der Waals surface area contributed by atoms with Gasteiger partial charge in [0.1, 0.15) is 5.75 Å². The summed E-state index contributed by atoms with van der Waals surface area (Å²) in [4.78, 5) is 0. The second-order valence-electron chi connectivity index (χ2n) is 4.68. The average molecular weight is 250 g/mol. The highest BCUT2D eigenvalue weighted by molar-refractivity contribution is 5.59. The summed E-state index contributed by atoms with van der Waals surface area (Å²) in [6.45, 7) is 2.61. The maximum absolute atomic E-state index is 5.88. The van der Waals surface area contributed by atoms with Gasteiger partial charge in [-0.25, -0.2) is 0 Å². The lowest BCUT2D eigenvalue weighted by molar-refractivity contribution is 0.101. The van der Waals surface area contributed by atoms with Gasteiger partial charge in [0, 0.05) is 30.6 Å². The minimum absolute atomic E-state index is 0.293. The van der Waals surface area contributed by atoms with Gasteiger partial charge in [-0.2, -0.15) is 0 Å². The summed E-state index contributed by atoms with van der Waals surface area (Å²) in [6, 6.07) is 6.14. The van der Waals surface area contributed by atoms with Gasteiger partial charge in [0.15, 0.2) is 0 Å². The zero-order valence-corrected chi connectivity index (χ0v) is 11.1. The minimum atomic E-state index is 0.293. The number of nitrogen functional groups attached to an aromatic ring is 1. The second-order valence-corrected chi connectivity index (χ2v) is 4.68. The largest absolute Gasteiger partial charge is 0.494 e. The first-order chi connectivity index (χ1) is 8.72. The van der Waals surface area contributed by atoms with E-state index in [1.54, 1.807) is 7.11 Å². The van der Waals surface area contributed by atoms with Crippen LogP contribution in [0.5, 0.6) is 5.75 Å². The van der Waals surface area contributed by atoms with Gasteiger partial charge in [-0.1, -0.05) is 0 Å². The van der Waals surface area contributed by atoms with E-state index in [1.807, 2.05) is 25.1 Å². The van der Waals surface area contributed by atoms with E-state index in [0.717, 1.165) is 30.0 Å². The zero-order chi connectivity index (χ0) is 13.0. The van der Waals surface area contributed by atoms with Crippen LogP contribution in [-0.4, -0.2) is 25.9 Å². The lowest BCUT2D eigenvalue weighted by Crippen LogP contribution is -2.29. The van der Waals surface area contributed by atoms with Crippen molar-refractivity contribution >= 4 is 11.4 Å². The van der Waals surface area contributed by atoms with E-state index in [0.29, 0.717) is 18.8 Å². The van der Waals surface area contributed by atoms with Crippen LogP contribution in [0.1, 0.15) is 26.2 Å². The van der Waals surface area contributed by atoms with Gasteiger partial charge >= 0.3 is 0 Å². The Kier molecular flexibility index (Phi) is 4.31. The molecule has 3 N–H and O–H groups in total. The Morgan fingerprint density at radius 3 is 2.89 bits per heavy atom. The Labute approximate surface area is 108 Å². The van der Waals surface area contributed by atoms with Crippen molar-refractivity contribution in [3.8, 4) is 5.75 Å². The Hall–Kier alpha value is -1.42. The topological polar surface area (TPSA) is 56.5 Å². The summed E-state index contributed by atoms with van der Waals surface area (Å²) in [5.41, 5.74) is 7.60. The summed E-state index contributed by atoms with van der Waals surface area (Å²) < 4.78 is 11.0. The smallest absolute Gasteiger partial charge is 0.123 e. The molecule has 2 atom stereocenters. The molecule has 4 nitrogen and oxygen atoms in total. The van der Waals surface area contributed by atoms with Crippen LogP contribution < -0.4 is 15.8 Å². The van der Waals surface area contributed by atoms with Crippen molar-refractivity contribution in [1.82, 2.24) is 0 Å². The molecule has 0 bridgehead atoms. The summed E-state index contributed by atoms with van der Waals surface area (Å²) >= 11 is 0. The molecule has 1 saturated carbocycles. The highest BCUT2D eigenvalue weighted by Gasteiger charge is 2.26. The number of rotatable bonds is 5. The van der Waals surface area contributed by atoms with Crippen molar-refractivity contribution in [2.24, 2.45) is 0 Å². The van der Waals surface area contributed by atoms with Gasteiger partial charge in [-0.05, 0) is 32.3 Å². The SMILES string of the molecule is CCOc1cc(N)cc(NC2CCCC2OC)c1. The van der Waals surface area contributed by atoms with Crippen LogP contribution in [0.25, 0.3) is 0 Å². The Balaban J connectivity index is 2.08. The van der Waals surface area contributed by atoms with E-state index in [4.69, 9.17) is 15.2 Å². The Bertz CT molecular complexity index is 395. The molecule has 2 unspecified atom stereocenters. The van der Waals surface area contributed by atoms with Crippen molar-refractivity contribution in [1.29, 1.82) is 0 Å². The van der Waals surface area contributed by atoms with Crippen LogP contribution in [0.15, 0.2) is 18.2 Å². The van der Waals surface area contributed by atoms with E-state index in [-0.39, 0.29) is 0 Å². The number of nitrogens with one attached hydrogen (secondary N) is 1. The third kappa shape index (κ3) is 3.07. The van der Waals surface area contributed by atoms with Crippen LogP contribution in [0.2, 0.25) is 0 Å². The molecule has 2 rings (SSSR count). The van der Waals surface area contributed by atoms with Crippen LogP contribution in [0.3, 0.4) is 0 Å². The molecule has 4 heteroatoms. The fourth-order valence-corrected chi connectivity index (χ4v) is 2.54. The third-order valence-corrected chi connectivity index (χ3v) is 3.35. The van der Waals surface area contributed by atoms with Crippen LogP contribution in [0.4, 0.5) is 11.4 Å². The van der Waals surface area contributed by atoms with Crippen molar-refractivity contribution < 1.29 is 9.47 Å². The highest BCUT2D eigenvalue weighted by Crippen LogP contribution is 2.28. The first-order valence-electron chi connectivity index (χ1n) is 6.55. The molecule has 1 fully saturated rings. The molecule has 1 aromatic rings. The van der Waals surface area contributed by atoms with Gasteiger partial charge in [0.2, 0.25) is 0 Å². The molecular formula is C14H22N2O2. The molecule has 0 aromatic heterocycles. The Morgan fingerprint density at radius 2 is 2.17 bits per heavy atom. The van der Waals surface area contributed by atoms with Gasteiger partial charge in [0.25, 0.3) is 0 Å². The molecule has 0 aliphatic heterocycles. The molecule has 0 radical (unpaired) electrons. The van der Waals surface area contributed by atoms with Crippen LogP contribution >= 0.6 is 0 Å². The maximum atomic E-state index is 5.88. The second kappa shape index (κ2) is 5.96. The molecule has 0 amide bonds. The summed E-state index contributed by atoms with van der Waals surface area (Å²) in [7, 11) is 1.77. The quantitative estimate of drug-likeness (QED) is 0.789. The predicted molar refractivity (Wildman–Crippen MR) is 74.1 cm³/mol. The monoisotopic (exact) mass is 250 g/mol. The zero-order valence-electron chi connectivity index (χ0n) is 11.1. The molecule has 18 heavy (non-hydrogen) atoms. The molecule has 1 aliphatic rings. The van der Waals surface area contributed by atoms with E-state index in [9.17, 15) is 0 Å². The molecule has 0 saturated heterocycles. The minimum Gasteiger partial charge on any atom is -0.494 e.